The highest BCUT2D eigenvalue weighted by molar-refractivity contribution is 5.83. The monoisotopic (exact) mass is 227 g/mol. The lowest BCUT2D eigenvalue weighted by Gasteiger charge is -1.90. The molecule has 3 rings (SSSR count). The highest BCUT2D eigenvalue weighted by Crippen LogP contribution is 2.28. The zero-order valence-electron chi connectivity index (χ0n) is 9.77. The smallest absolute Gasteiger partial charge is 0.155 e. The number of aryl methyl sites for hydroxylation is 2. The summed E-state index contributed by atoms with van der Waals surface area (Å²) in [6.45, 7) is 2.06. The summed E-state index contributed by atoms with van der Waals surface area (Å²) in [7, 11) is 1.81. The van der Waals surface area contributed by atoms with Crippen molar-refractivity contribution in [2.45, 2.75) is 6.92 Å². The van der Waals surface area contributed by atoms with Crippen LogP contribution in [0.4, 0.5) is 5.82 Å². The van der Waals surface area contributed by atoms with Crippen LogP contribution in [0.2, 0.25) is 0 Å². The van der Waals surface area contributed by atoms with Crippen LogP contribution in [0.3, 0.4) is 0 Å². The molecule has 0 saturated heterocycles. The topological polar surface area (TPSA) is 57.0 Å². The summed E-state index contributed by atoms with van der Waals surface area (Å²) in [5, 5.41) is 5.38. The molecule has 0 unspecified atom stereocenters. The predicted octanol–water partition coefficient (Wildman–Crippen LogP) is 2.72. The van der Waals surface area contributed by atoms with Gasteiger partial charge in [0, 0.05) is 18.5 Å². The second-order valence-electron chi connectivity index (χ2n) is 4.23. The second kappa shape index (κ2) is 3.38. The Morgan fingerprint density at radius 1 is 1.24 bits per heavy atom. The van der Waals surface area contributed by atoms with Gasteiger partial charge in [0.05, 0.1) is 0 Å². The maximum absolute atomic E-state index is 5.76. The van der Waals surface area contributed by atoms with Crippen molar-refractivity contribution in [2.24, 2.45) is 7.05 Å². The average Bonchev–Trinajstić information content (AvgIpc) is 2.83. The Labute approximate surface area is 98.6 Å². The number of rotatable bonds is 1. The molecular formula is C13H13N3O. The number of furan rings is 1. The predicted molar refractivity (Wildman–Crippen MR) is 67.6 cm³/mol. The van der Waals surface area contributed by atoms with E-state index in [0.29, 0.717) is 5.82 Å². The fourth-order valence-electron chi connectivity index (χ4n) is 1.89. The average molecular weight is 227 g/mol. The number of hydrogen-bond donors (Lipinski definition) is 1. The molecule has 0 radical (unpaired) electrons. The van der Waals surface area contributed by atoms with E-state index in [-0.39, 0.29) is 0 Å². The quantitative estimate of drug-likeness (QED) is 0.695. The second-order valence-corrected chi connectivity index (χ2v) is 4.23. The van der Waals surface area contributed by atoms with Crippen LogP contribution in [0.25, 0.3) is 22.4 Å². The van der Waals surface area contributed by atoms with Gasteiger partial charge in [-0.15, -0.1) is 0 Å². The molecular weight excluding hydrogens is 214 g/mol. The molecule has 0 aliphatic heterocycles. The minimum absolute atomic E-state index is 0.622. The maximum Gasteiger partial charge on any atom is 0.155 e. The van der Waals surface area contributed by atoms with E-state index >= 15 is 0 Å². The van der Waals surface area contributed by atoms with E-state index < -0.39 is 0 Å². The molecule has 2 heterocycles. The largest absolute Gasteiger partial charge is 0.454 e. The molecule has 3 aromatic rings. The number of hydrogen-bond acceptors (Lipinski definition) is 3. The molecule has 0 spiro atoms. The first kappa shape index (κ1) is 9.96. The Kier molecular flexibility index (Phi) is 1.98. The van der Waals surface area contributed by atoms with Crippen LogP contribution >= 0.6 is 0 Å². The van der Waals surface area contributed by atoms with E-state index in [0.717, 1.165) is 22.4 Å². The van der Waals surface area contributed by atoms with Gasteiger partial charge in [-0.25, -0.2) is 0 Å². The van der Waals surface area contributed by atoms with E-state index in [2.05, 4.69) is 18.1 Å². The van der Waals surface area contributed by atoms with Crippen molar-refractivity contribution in [1.82, 2.24) is 9.78 Å². The van der Waals surface area contributed by atoms with Crippen molar-refractivity contribution in [1.29, 1.82) is 0 Å². The SMILES string of the molecule is Cc1ccc2oc(-c3cc(N)n(C)n3)cc2c1. The van der Waals surface area contributed by atoms with E-state index in [1.807, 2.05) is 31.3 Å². The molecule has 2 aromatic heterocycles. The summed E-state index contributed by atoms with van der Waals surface area (Å²) in [6, 6.07) is 9.90. The lowest BCUT2D eigenvalue weighted by molar-refractivity contribution is 0.625. The van der Waals surface area contributed by atoms with Crippen molar-refractivity contribution in [3.63, 3.8) is 0 Å². The van der Waals surface area contributed by atoms with Crippen LogP contribution in [-0.2, 0) is 7.05 Å². The molecule has 0 aliphatic rings. The molecule has 17 heavy (non-hydrogen) atoms. The van der Waals surface area contributed by atoms with Crippen molar-refractivity contribution in [3.05, 3.63) is 35.9 Å². The standard InChI is InChI=1S/C13H13N3O/c1-8-3-4-11-9(5-8)6-12(17-11)10-7-13(14)16(2)15-10/h3-7H,14H2,1-2H3. The minimum Gasteiger partial charge on any atom is -0.454 e. The van der Waals surface area contributed by atoms with Gasteiger partial charge in [-0.3, -0.25) is 4.68 Å². The van der Waals surface area contributed by atoms with Gasteiger partial charge in [-0.2, -0.15) is 5.10 Å². The number of nitrogens with zero attached hydrogens (tertiary/aromatic N) is 2. The summed E-state index contributed by atoms with van der Waals surface area (Å²) in [5.74, 6) is 1.37. The summed E-state index contributed by atoms with van der Waals surface area (Å²) < 4.78 is 7.38. The third kappa shape index (κ3) is 1.58. The molecule has 0 bridgehead atoms. The first-order chi connectivity index (χ1) is 8.13. The molecule has 86 valence electrons. The molecule has 4 nitrogen and oxygen atoms in total. The van der Waals surface area contributed by atoms with Gasteiger partial charge in [-0.05, 0) is 25.1 Å². The highest BCUT2D eigenvalue weighted by Gasteiger charge is 2.10. The first-order valence-electron chi connectivity index (χ1n) is 5.43. The Morgan fingerprint density at radius 2 is 2.06 bits per heavy atom. The zero-order valence-corrected chi connectivity index (χ0v) is 9.77. The Hall–Kier alpha value is -2.23. The van der Waals surface area contributed by atoms with Crippen LogP contribution in [0.5, 0.6) is 0 Å². The van der Waals surface area contributed by atoms with Crippen molar-refractivity contribution < 1.29 is 4.42 Å². The van der Waals surface area contributed by atoms with Gasteiger partial charge in [0.2, 0.25) is 0 Å². The summed E-state index contributed by atoms with van der Waals surface area (Å²) >= 11 is 0. The van der Waals surface area contributed by atoms with Gasteiger partial charge in [0.1, 0.15) is 17.1 Å². The fraction of sp³-hybridized carbons (Fsp3) is 0.154. The van der Waals surface area contributed by atoms with Gasteiger partial charge in [0.25, 0.3) is 0 Å². The molecule has 0 fully saturated rings. The lowest BCUT2D eigenvalue weighted by atomic mass is 10.2. The molecule has 0 saturated carbocycles. The van der Waals surface area contributed by atoms with E-state index in [1.165, 1.54) is 5.56 Å². The number of nitrogens with two attached hydrogens (primary N) is 1. The highest BCUT2D eigenvalue weighted by atomic mass is 16.3. The number of nitrogen functional groups attached to an aromatic ring is 1. The molecule has 2 N–H and O–H groups in total. The van der Waals surface area contributed by atoms with Crippen LogP contribution in [0, 0.1) is 6.92 Å². The molecule has 0 atom stereocenters. The van der Waals surface area contributed by atoms with Crippen molar-refractivity contribution in [2.75, 3.05) is 5.73 Å². The normalized spacial score (nSPS) is 11.2. The van der Waals surface area contributed by atoms with Gasteiger partial charge in [0.15, 0.2) is 5.76 Å². The van der Waals surface area contributed by atoms with E-state index in [9.17, 15) is 0 Å². The van der Waals surface area contributed by atoms with Crippen LogP contribution in [0.15, 0.2) is 34.7 Å². The molecule has 0 aliphatic carbocycles. The maximum atomic E-state index is 5.76. The van der Waals surface area contributed by atoms with Gasteiger partial charge < -0.3 is 10.2 Å². The van der Waals surface area contributed by atoms with Gasteiger partial charge >= 0.3 is 0 Å². The van der Waals surface area contributed by atoms with Crippen molar-refractivity contribution in [3.8, 4) is 11.5 Å². The third-order valence-electron chi connectivity index (χ3n) is 2.84. The van der Waals surface area contributed by atoms with Crippen LogP contribution < -0.4 is 5.73 Å². The number of benzene rings is 1. The first-order valence-corrected chi connectivity index (χ1v) is 5.43. The van der Waals surface area contributed by atoms with Crippen molar-refractivity contribution >= 4 is 16.8 Å². The number of anilines is 1. The number of fused-ring (bicyclic) bond motifs is 1. The zero-order chi connectivity index (χ0) is 12.0. The van der Waals surface area contributed by atoms with E-state index in [4.69, 9.17) is 10.2 Å². The van der Waals surface area contributed by atoms with E-state index in [1.54, 1.807) is 4.68 Å². The molecule has 1 aromatic carbocycles. The van der Waals surface area contributed by atoms with Gasteiger partial charge in [-0.1, -0.05) is 11.6 Å². The molecule has 4 heteroatoms. The van der Waals surface area contributed by atoms with Crippen LogP contribution in [-0.4, -0.2) is 9.78 Å². The Morgan fingerprint density at radius 3 is 2.76 bits per heavy atom. The number of aromatic nitrogens is 2. The Bertz CT molecular complexity index is 674. The third-order valence-corrected chi connectivity index (χ3v) is 2.84. The molecule has 0 amide bonds. The summed E-state index contributed by atoms with van der Waals surface area (Å²) in [5.41, 5.74) is 8.60. The fourth-order valence-corrected chi connectivity index (χ4v) is 1.89. The Balaban J connectivity index is 2.17. The minimum atomic E-state index is 0.622. The summed E-state index contributed by atoms with van der Waals surface area (Å²) in [4.78, 5) is 0. The summed E-state index contributed by atoms with van der Waals surface area (Å²) in [6.07, 6.45) is 0. The lowest BCUT2D eigenvalue weighted by Crippen LogP contribution is -1.96. The van der Waals surface area contributed by atoms with Crippen LogP contribution in [0.1, 0.15) is 5.56 Å².